The van der Waals surface area contributed by atoms with Crippen molar-refractivity contribution < 1.29 is 51.8 Å². The summed E-state index contributed by atoms with van der Waals surface area (Å²) >= 11 is 0. The third-order valence-electron chi connectivity index (χ3n) is 12.0. The Hall–Kier alpha value is -5.81. The number of amides is 7. The average molecular weight is 836 g/mol. The van der Waals surface area contributed by atoms with Crippen molar-refractivity contribution >= 4 is 47.2 Å². The molecule has 7 amide bonds. The molecule has 0 aliphatic carbocycles. The van der Waals surface area contributed by atoms with Crippen LogP contribution in [0.5, 0.6) is 5.75 Å². The van der Waals surface area contributed by atoms with Crippen LogP contribution in [0.1, 0.15) is 70.4 Å². The first-order chi connectivity index (χ1) is 28.7. The zero-order chi connectivity index (χ0) is 42.8. The maximum Gasteiger partial charge on any atom is 0.329 e. The summed E-state index contributed by atoms with van der Waals surface area (Å²) in [5, 5.41) is 10.6. The third kappa shape index (κ3) is 9.16. The first kappa shape index (κ1) is 42.3. The minimum Gasteiger partial charge on any atom is -0.493 e. The molecule has 5 aliphatic rings. The predicted molar refractivity (Wildman–Crippen MR) is 210 cm³/mol. The second kappa shape index (κ2) is 17.8. The fourth-order valence-electron chi connectivity index (χ4n) is 8.99. The van der Waals surface area contributed by atoms with Gasteiger partial charge < -0.3 is 45.4 Å². The Labute approximate surface area is 346 Å². The number of nitrogens with zero attached hydrogens (tertiary/aromatic N) is 3. The number of esters is 1. The molecule has 0 bridgehead atoms. The molecule has 5 aliphatic heterocycles. The van der Waals surface area contributed by atoms with Crippen LogP contribution >= 0.6 is 0 Å². The topological polar surface area (TPSA) is 196 Å². The normalized spacial score (nSPS) is 27.8. The lowest BCUT2D eigenvalue weighted by molar-refractivity contribution is -0.163. The van der Waals surface area contributed by atoms with Gasteiger partial charge in [0.1, 0.15) is 59.7 Å². The summed E-state index contributed by atoms with van der Waals surface area (Å²) in [6.45, 7) is 5.85. The average Bonchev–Trinajstić information content (AvgIpc) is 3.98. The van der Waals surface area contributed by atoms with E-state index < -0.39 is 102 Å². The number of carbonyl (C=O) groups excluding carboxylic acids is 7. The number of benzene rings is 2. The third-order valence-corrected chi connectivity index (χ3v) is 12.0. The van der Waals surface area contributed by atoms with E-state index in [0.717, 1.165) is 17.7 Å². The van der Waals surface area contributed by atoms with E-state index in [9.17, 15) is 42.3 Å². The molecule has 8 atom stereocenters. The number of rotatable bonds is 6. The lowest BCUT2D eigenvalue weighted by atomic mass is 9.99. The molecule has 0 aromatic heterocycles. The molecule has 0 unspecified atom stereocenters. The number of anilines is 1. The van der Waals surface area contributed by atoms with Gasteiger partial charge in [-0.15, -0.1) is 0 Å². The Balaban J connectivity index is 1.20. The molecule has 16 nitrogen and oxygen atoms in total. The predicted octanol–water partition coefficient (Wildman–Crippen LogP) is 2.18. The highest BCUT2D eigenvalue weighted by Gasteiger charge is 2.47. The van der Waals surface area contributed by atoms with Gasteiger partial charge in [0.2, 0.25) is 29.5 Å². The number of hydrogen-bond donors (Lipinski definition) is 4. The van der Waals surface area contributed by atoms with Crippen molar-refractivity contribution in [2.24, 2.45) is 5.92 Å². The highest BCUT2D eigenvalue weighted by atomic mass is 19.1. The fraction of sp³-hybridized carbons (Fsp3) is 0.548. The molecule has 2 aromatic rings. The summed E-state index contributed by atoms with van der Waals surface area (Å²) in [4.78, 5) is 103. The Morgan fingerprint density at radius 1 is 0.850 bits per heavy atom. The number of hydrogen-bond acceptors (Lipinski definition) is 9. The molecule has 5 heterocycles. The van der Waals surface area contributed by atoms with Crippen LogP contribution in [0.15, 0.2) is 36.4 Å². The van der Waals surface area contributed by atoms with E-state index in [1.165, 1.54) is 28.5 Å². The highest BCUT2D eigenvalue weighted by Crippen LogP contribution is 2.30. The lowest BCUT2D eigenvalue weighted by Gasteiger charge is -2.39. The van der Waals surface area contributed by atoms with Gasteiger partial charge in [0, 0.05) is 44.2 Å². The molecular weight excluding hydrogens is 784 g/mol. The Bertz CT molecular complexity index is 2030. The number of cyclic esters (lactones) is 1. The van der Waals surface area contributed by atoms with E-state index in [-0.39, 0.29) is 44.0 Å². The summed E-state index contributed by atoms with van der Waals surface area (Å²) in [7, 11) is 0. The van der Waals surface area contributed by atoms with Crippen LogP contribution in [0.3, 0.4) is 0 Å². The van der Waals surface area contributed by atoms with E-state index in [0.29, 0.717) is 56.2 Å². The number of carbonyl (C=O) groups is 7. The van der Waals surface area contributed by atoms with Crippen LogP contribution in [0.25, 0.3) is 0 Å². The molecule has 0 radical (unpaired) electrons. The van der Waals surface area contributed by atoms with Gasteiger partial charge in [0.05, 0.1) is 6.61 Å². The second-order valence-corrected chi connectivity index (χ2v) is 16.5. The largest absolute Gasteiger partial charge is 0.493 e. The molecular formula is C42H51F2N7O9. The Morgan fingerprint density at radius 3 is 2.33 bits per heavy atom. The van der Waals surface area contributed by atoms with E-state index >= 15 is 0 Å². The zero-order valence-corrected chi connectivity index (χ0v) is 33.8. The summed E-state index contributed by atoms with van der Waals surface area (Å²) < 4.78 is 40.2. The molecule has 322 valence electrons. The van der Waals surface area contributed by atoms with Gasteiger partial charge in [0.15, 0.2) is 0 Å². The Morgan fingerprint density at radius 2 is 1.57 bits per heavy atom. The highest BCUT2D eigenvalue weighted by molar-refractivity contribution is 5.99. The quantitative estimate of drug-likeness (QED) is 0.316. The van der Waals surface area contributed by atoms with Crippen molar-refractivity contribution in [3.63, 3.8) is 0 Å². The van der Waals surface area contributed by atoms with Crippen LogP contribution < -0.4 is 26.0 Å². The monoisotopic (exact) mass is 835 g/mol. The van der Waals surface area contributed by atoms with Gasteiger partial charge in [-0.1, -0.05) is 6.92 Å². The van der Waals surface area contributed by atoms with Crippen molar-refractivity contribution in [3.8, 4) is 5.75 Å². The molecule has 0 saturated carbocycles. The van der Waals surface area contributed by atoms with Gasteiger partial charge in [-0.3, -0.25) is 24.0 Å². The summed E-state index contributed by atoms with van der Waals surface area (Å²) in [6, 6.07) is -0.280. The van der Waals surface area contributed by atoms with E-state index in [2.05, 4.69) is 21.3 Å². The number of fused-ring (bicyclic) bond motifs is 4. The zero-order valence-electron chi connectivity index (χ0n) is 33.8. The first-order valence-electron chi connectivity index (χ1n) is 20.7. The standard InChI is InChI=1S/C42H51F2N7O9/c1-22-15-33-41(57)60-24(3)35(40(56)50-13-6-8-32(50)39(55)49-12-5-4-7-31(49)37(53)45-23(2)38(54)51(33)21-22)48-36(52)30(18-25-16-27(43)20-28(44)17-25)47-42(58)46-29-9-10-34-26(19-29)11-14-59-34/h9-10,16-17,19-20,22-24,30-33,35H,4-8,11-15,18,21H2,1-3H3,(H,45,53)(H,48,52)(H2,46,47,58)/t22-,23+,24+,30+,31+,32+,33+,35+/m1/s1. The second-order valence-electron chi connectivity index (χ2n) is 16.5. The van der Waals surface area contributed by atoms with Crippen LogP contribution in [0, 0.1) is 17.6 Å². The SMILES string of the molecule is C[C@@H]1C[C@H]2C(=O)O[C@@H](C)[C@H](NC(=O)[C@H](Cc3cc(F)cc(F)c3)NC(=O)Nc3ccc4c(c3)CCO4)C(=O)N3CCC[C@H]3C(=O)N3CCCC[C@H]3C(=O)N[C@@H](C)C(=O)N2C1. The van der Waals surface area contributed by atoms with E-state index in [4.69, 9.17) is 9.47 Å². The molecule has 60 heavy (non-hydrogen) atoms. The van der Waals surface area contributed by atoms with E-state index in [1.807, 2.05) is 6.92 Å². The van der Waals surface area contributed by atoms with Crippen molar-refractivity contribution in [2.75, 3.05) is 31.6 Å². The van der Waals surface area contributed by atoms with Gasteiger partial charge >= 0.3 is 12.0 Å². The van der Waals surface area contributed by atoms with E-state index in [1.54, 1.807) is 18.2 Å². The molecule has 4 fully saturated rings. The van der Waals surface area contributed by atoms with Crippen molar-refractivity contribution in [1.82, 2.24) is 30.7 Å². The van der Waals surface area contributed by atoms with Crippen molar-refractivity contribution in [3.05, 3.63) is 59.2 Å². The van der Waals surface area contributed by atoms with Gasteiger partial charge in [-0.25, -0.2) is 18.4 Å². The number of nitrogens with one attached hydrogen (secondary N) is 4. The first-order valence-corrected chi connectivity index (χ1v) is 20.7. The molecule has 4 N–H and O–H groups in total. The summed E-state index contributed by atoms with van der Waals surface area (Å²) in [5.74, 6) is -5.30. The summed E-state index contributed by atoms with van der Waals surface area (Å²) in [5.41, 5.74) is 1.28. The van der Waals surface area contributed by atoms with Crippen LogP contribution in [-0.2, 0) is 46.3 Å². The number of urea groups is 1. The molecule has 0 spiro atoms. The van der Waals surface area contributed by atoms with Gasteiger partial charge in [0.25, 0.3) is 0 Å². The van der Waals surface area contributed by atoms with Crippen molar-refractivity contribution in [2.45, 2.75) is 114 Å². The minimum atomic E-state index is -1.63. The molecule has 2 aromatic carbocycles. The molecule has 4 saturated heterocycles. The maximum absolute atomic E-state index is 14.7. The lowest BCUT2D eigenvalue weighted by Crippen LogP contribution is -2.63. The van der Waals surface area contributed by atoms with Gasteiger partial charge in [-0.05, 0) is 99.7 Å². The fourth-order valence-corrected chi connectivity index (χ4v) is 8.99. The van der Waals surface area contributed by atoms with Gasteiger partial charge in [-0.2, -0.15) is 0 Å². The summed E-state index contributed by atoms with van der Waals surface area (Å²) in [6.07, 6.45) is 1.41. The smallest absolute Gasteiger partial charge is 0.329 e. The number of piperidine rings is 1. The number of halogens is 2. The molecule has 18 heteroatoms. The van der Waals surface area contributed by atoms with Crippen molar-refractivity contribution in [1.29, 1.82) is 0 Å². The van der Waals surface area contributed by atoms with Crippen LogP contribution in [-0.4, -0.2) is 125 Å². The minimum absolute atomic E-state index is 0.0195. The maximum atomic E-state index is 14.7. The number of ether oxygens (including phenoxy) is 2. The molecule has 7 rings (SSSR count). The van der Waals surface area contributed by atoms with Crippen LogP contribution in [0.4, 0.5) is 19.3 Å². The Kier molecular flexibility index (Phi) is 12.6. The van der Waals surface area contributed by atoms with Crippen LogP contribution in [0.2, 0.25) is 0 Å².